The highest BCUT2D eigenvalue weighted by Crippen LogP contribution is 2.13. The zero-order valence-electron chi connectivity index (χ0n) is 9.96. The second-order valence-electron chi connectivity index (χ2n) is 3.93. The monoisotopic (exact) mass is 265 g/mol. The van der Waals surface area contributed by atoms with E-state index in [1.165, 1.54) is 12.4 Å². The molecule has 0 spiro atoms. The fourth-order valence-electron chi connectivity index (χ4n) is 1.43. The van der Waals surface area contributed by atoms with E-state index in [0.29, 0.717) is 5.82 Å². The van der Waals surface area contributed by atoms with Crippen molar-refractivity contribution in [2.45, 2.75) is 19.9 Å². The summed E-state index contributed by atoms with van der Waals surface area (Å²) in [5.41, 5.74) is 0.205. The minimum Gasteiger partial charge on any atom is -0.305 e. The summed E-state index contributed by atoms with van der Waals surface area (Å²) in [5.74, 6) is 0.272. The highest BCUT2D eigenvalue weighted by atomic mass is 35.5. The Hall–Kier alpha value is -1.95. The maximum atomic E-state index is 11.9. The molecule has 0 atom stereocenters. The van der Waals surface area contributed by atoms with Gasteiger partial charge >= 0.3 is 0 Å². The van der Waals surface area contributed by atoms with E-state index in [1.54, 1.807) is 16.9 Å². The standard InChI is InChI=1S/C11H12ClN5O/c1-7(2)17-10(3-4-15-17)16-11(18)8-5-14-9(12)6-13-8/h3-7H,1-2H3,(H,16,18). The van der Waals surface area contributed by atoms with Gasteiger partial charge in [0, 0.05) is 12.1 Å². The summed E-state index contributed by atoms with van der Waals surface area (Å²) in [5, 5.41) is 7.09. The fourth-order valence-corrected chi connectivity index (χ4v) is 1.53. The van der Waals surface area contributed by atoms with Crippen LogP contribution in [0.2, 0.25) is 5.15 Å². The van der Waals surface area contributed by atoms with Gasteiger partial charge in [0.25, 0.3) is 5.91 Å². The first-order valence-corrected chi connectivity index (χ1v) is 5.78. The van der Waals surface area contributed by atoms with Crippen molar-refractivity contribution >= 4 is 23.3 Å². The first-order valence-electron chi connectivity index (χ1n) is 5.40. The molecule has 0 aromatic carbocycles. The molecule has 0 aliphatic heterocycles. The van der Waals surface area contributed by atoms with Crippen LogP contribution >= 0.6 is 11.6 Å². The third-order valence-electron chi connectivity index (χ3n) is 2.25. The summed E-state index contributed by atoms with van der Waals surface area (Å²) >= 11 is 5.61. The third-order valence-corrected chi connectivity index (χ3v) is 2.45. The van der Waals surface area contributed by atoms with Crippen LogP contribution < -0.4 is 5.32 Å². The minimum atomic E-state index is -0.346. The van der Waals surface area contributed by atoms with Crippen molar-refractivity contribution < 1.29 is 4.79 Å². The van der Waals surface area contributed by atoms with E-state index in [-0.39, 0.29) is 22.8 Å². The molecule has 6 nitrogen and oxygen atoms in total. The zero-order valence-corrected chi connectivity index (χ0v) is 10.7. The number of anilines is 1. The molecule has 0 bridgehead atoms. The molecule has 1 N–H and O–H groups in total. The van der Waals surface area contributed by atoms with Gasteiger partial charge in [-0.1, -0.05) is 11.6 Å². The zero-order chi connectivity index (χ0) is 13.1. The smallest absolute Gasteiger partial charge is 0.277 e. The number of carbonyl (C=O) groups is 1. The molecular formula is C11H12ClN5O. The topological polar surface area (TPSA) is 72.7 Å². The lowest BCUT2D eigenvalue weighted by Crippen LogP contribution is -2.18. The van der Waals surface area contributed by atoms with Crippen molar-refractivity contribution in [2.24, 2.45) is 0 Å². The number of amides is 1. The van der Waals surface area contributed by atoms with Crippen molar-refractivity contribution in [3.8, 4) is 0 Å². The second-order valence-corrected chi connectivity index (χ2v) is 4.32. The van der Waals surface area contributed by atoms with Gasteiger partial charge in [0.05, 0.1) is 18.6 Å². The molecule has 0 aliphatic rings. The van der Waals surface area contributed by atoms with Crippen molar-refractivity contribution in [3.05, 3.63) is 35.5 Å². The molecule has 0 aliphatic carbocycles. The van der Waals surface area contributed by atoms with Crippen LogP contribution in [-0.2, 0) is 0 Å². The number of carbonyl (C=O) groups excluding carboxylic acids is 1. The number of nitrogens with zero attached hydrogens (tertiary/aromatic N) is 4. The van der Waals surface area contributed by atoms with Crippen LogP contribution in [0.4, 0.5) is 5.82 Å². The molecule has 0 unspecified atom stereocenters. The average Bonchev–Trinajstić information content (AvgIpc) is 2.78. The number of nitrogens with one attached hydrogen (secondary N) is 1. The Morgan fingerprint density at radius 2 is 2.17 bits per heavy atom. The van der Waals surface area contributed by atoms with Crippen molar-refractivity contribution in [1.29, 1.82) is 0 Å². The Kier molecular flexibility index (Phi) is 3.57. The number of rotatable bonds is 3. The van der Waals surface area contributed by atoms with E-state index in [9.17, 15) is 4.79 Å². The quantitative estimate of drug-likeness (QED) is 0.923. The van der Waals surface area contributed by atoms with Gasteiger partial charge in [0.15, 0.2) is 0 Å². The molecule has 0 saturated heterocycles. The van der Waals surface area contributed by atoms with Crippen LogP contribution in [0.5, 0.6) is 0 Å². The van der Waals surface area contributed by atoms with E-state index >= 15 is 0 Å². The van der Waals surface area contributed by atoms with E-state index in [4.69, 9.17) is 11.6 Å². The molecule has 2 aromatic rings. The van der Waals surface area contributed by atoms with Gasteiger partial charge < -0.3 is 5.32 Å². The molecule has 94 valence electrons. The predicted octanol–water partition coefficient (Wildman–Crippen LogP) is 2.16. The maximum Gasteiger partial charge on any atom is 0.277 e. The highest BCUT2D eigenvalue weighted by Gasteiger charge is 2.12. The molecule has 2 aromatic heterocycles. The molecule has 0 saturated carbocycles. The van der Waals surface area contributed by atoms with E-state index in [1.807, 2.05) is 13.8 Å². The molecule has 2 rings (SSSR count). The fraction of sp³-hybridized carbons (Fsp3) is 0.273. The lowest BCUT2D eigenvalue weighted by Gasteiger charge is -2.11. The van der Waals surface area contributed by atoms with Crippen LogP contribution in [0.3, 0.4) is 0 Å². The maximum absolute atomic E-state index is 11.9. The Labute approximate surface area is 109 Å². The summed E-state index contributed by atoms with van der Waals surface area (Å²) in [4.78, 5) is 19.6. The number of hydrogen-bond donors (Lipinski definition) is 1. The molecule has 2 heterocycles. The summed E-state index contributed by atoms with van der Waals surface area (Å²) in [7, 11) is 0. The van der Waals surface area contributed by atoms with E-state index < -0.39 is 0 Å². The normalized spacial score (nSPS) is 10.7. The molecular weight excluding hydrogens is 254 g/mol. The van der Waals surface area contributed by atoms with Crippen molar-refractivity contribution in [3.63, 3.8) is 0 Å². The molecule has 1 amide bonds. The molecule has 0 fully saturated rings. The highest BCUT2D eigenvalue weighted by molar-refractivity contribution is 6.29. The molecule has 18 heavy (non-hydrogen) atoms. The SMILES string of the molecule is CC(C)n1nccc1NC(=O)c1cnc(Cl)cn1. The van der Waals surface area contributed by atoms with Crippen LogP contribution in [0.1, 0.15) is 30.4 Å². The van der Waals surface area contributed by atoms with E-state index in [0.717, 1.165) is 0 Å². The third kappa shape index (κ3) is 2.65. The second kappa shape index (κ2) is 5.14. The van der Waals surface area contributed by atoms with E-state index in [2.05, 4.69) is 20.4 Å². The number of aromatic nitrogens is 4. The average molecular weight is 266 g/mol. The predicted molar refractivity (Wildman–Crippen MR) is 67.6 cm³/mol. The van der Waals surface area contributed by atoms with Gasteiger partial charge in [-0.25, -0.2) is 14.6 Å². The first-order chi connectivity index (χ1) is 8.58. The Morgan fingerprint density at radius 3 is 2.78 bits per heavy atom. The minimum absolute atomic E-state index is 0.159. The van der Waals surface area contributed by atoms with Crippen LogP contribution in [0, 0.1) is 0 Å². The lowest BCUT2D eigenvalue weighted by molar-refractivity contribution is 0.102. The molecule has 0 radical (unpaired) electrons. The van der Waals surface area contributed by atoms with Crippen molar-refractivity contribution in [2.75, 3.05) is 5.32 Å². The van der Waals surface area contributed by atoms with Crippen LogP contribution in [0.25, 0.3) is 0 Å². The summed E-state index contributed by atoms with van der Waals surface area (Å²) in [6.45, 7) is 3.95. The summed E-state index contributed by atoms with van der Waals surface area (Å²) in [6.07, 6.45) is 4.28. The largest absolute Gasteiger partial charge is 0.305 e. The molecule has 7 heteroatoms. The van der Waals surface area contributed by atoms with Crippen LogP contribution in [-0.4, -0.2) is 25.7 Å². The Bertz CT molecular complexity index is 549. The van der Waals surface area contributed by atoms with Gasteiger partial charge in [-0.3, -0.25) is 4.79 Å². The van der Waals surface area contributed by atoms with Gasteiger partial charge in [-0.2, -0.15) is 5.10 Å². The first kappa shape index (κ1) is 12.5. The summed E-state index contributed by atoms with van der Waals surface area (Å²) in [6, 6.07) is 1.88. The van der Waals surface area contributed by atoms with Gasteiger partial charge in [0.2, 0.25) is 0 Å². The van der Waals surface area contributed by atoms with Gasteiger partial charge in [-0.15, -0.1) is 0 Å². The van der Waals surface area contributed by atoms with Gasteiger partial charge in [-0.05, 0) is 13.8 Å². The van der Waals surface area contributed by atoms with Gasteiger partial charge in [0.1, 0.15) is 16.7 Å². The Balaban J connectivity index is 2.16. The van der Waals surface area contributed by atoms with Crippen molar-refractivity contribution in [1.82, 2.24) is 19.7 Å². The van der Waals surface area contributed by atoms with Crippen LogP contribution in [0.15, 0.2) is 24.7 Å². The lowest BCUT2D eigenvalue weighted by atomic mass is 10.4. The number of hydrogen-bond acceptors (Lipinski definition) is 4. The summed E-state index contributed by atoms with van der Waals surface area (Å²) < 4.78 is 1.71. The number of halogens is 1. The Morgan fingerprint density at radius 1 is 1.39 bits per heavy atom.